The SMILES string of the molecule is CCOc1cc(N=C=O)c(OCC)c(N=C=O)c1. The zero-order chi connectivity index (χ0) is 13.4. The average Bonchev–Trinajstić information content (AvgIpc) is 2.34. The molecule has 94 valence electrons. The summed E-state index contributed by atoms with van der Waals surface area (Å²) in [5.74, 6) is 0.664. The van der Waals surface area contributed by atoms with E-state index in [0.29, 0.717) is 19.0 Å². The van der Waals surface area contributed by atoms with Gasteiger partial charge in [-0.05, 0) is 13.8 Å². The average molecular weight is 248 g/mol. The van der Waals surface area contributed by atoms with Gasteiger partial charge in [0.05, 0.1) is 13.2 Å². The van der Waals surface area contributed by atoms with E-state index in [-0.39, 0.29) is 17.1 Å². The summed E-state index contributed by atoms with van der Waals surface area (Å²) in [6.07, 6.45) is 2.84. The van der Waals surface area contributed by atoms with Gasteiger partial charge in [-0.3, -0.25) is 0 Å². The molecule has 0 aliphatic heterocycles. The highest BCUT2D eigenvalue weighted by atomic mass is 16.5. The second kappa shape index (κ2) is 7.01. The molecule has 18 heavy (non-hydrogen) atoms. The van der Waals surface area contributed by atoms with Gasteiger partial charge in [0, 0.05) is 12.1 Å². The highest BCUT2D eigenvalue weighted by molar-refractivity contribution is 5.73. The first-order valence-electron chi connectivity index (χ1n) is 5.36. The zero-order valence-electron chi connectivity index (χ0n) is 10.1. The normalized spacial score (nSPS) is 9.00. The molecular weight excluding hydrogens is 236 g/mol. The fourth-order valence-electron chi connectivity index (χ4n) is 1.38. The van der Waals surface area contributed by atoms with E-state index in [1.807, 2.05) is 6.92 Å². The van der Waals surface area contributed by atoms with E-state index in [1.54, 1.807) is 6.92 Å². The van der Waals surface area contributed by atoms with Gasteiger partial charge in [0.2, 0.25) is 12.2 Å². The first-order chi connectivity index (χ1) is 8.76. The number of isocyanates is 2. The van der Waals surface area contributed by atoms with Crippen molar-refractivity contribution in [3.05, 3.63) is 12.1 Å². The summed E-state index contributed by atoms with van der Waals surface area (Å²) < 4.78 is 10.6. The van der Waals surface area contributed by atoms with Gasteiger partial charge in [0.1, 0.15) is 17.1 Å². The number of nitrogens with zero attached hydrogens (tertiary/aromatic N) is 2. The molecule has 0 saturated carbocycles. The molecule has 0 aliphatic carbocycles. The van der Waals surface area contributed by atoms with Crippen molar-refractivity contribution in [2.45, 2.75) is 13.8 Å². The molecular formula is C12H12N2O4. The summed E-state index contributed by atoms with van der Waals surface area (Å²) in [7, 11) is 0. The quantitative estimate of drug-likeness (QED) is 0.572. The summed E-state index contributed by atoms with van der Waals surface area (Å²) >= 11 is 0. The van der Waals surface area contributed by atoms with Crippen LogP contribution in [0.2, 0.25) is 0 Å². The third kappa shape index (κ3) is 3.28. The largest absolute Gasteiger partial charge is 0.494 e. The van der Waals surface area contributed by atoms with E-state index in [0.717, 1.165) is 0 Å². The van der Waals surface area contributed by atoms with Crippen molar-refractivity contribution in [3.63, 3.8) is 0 Å². The van der Waals surface area contributed by atoms with Crippen LogP contribution in [-0.4, -0.2) is 25.4 Å². The van der Waals surface area contributed by atoms with E-state index in [9.17, 15) is 9.59 Å². The number of carbonyl (C=O) groups excluding carboxylic acids is 2. The predicted octanol–water partition coefficient (Wildman–Crippen LogP) is 2.42. The molecule has 0 N–H and O–H groups in total. The Morgan fingerprint density at radius 1 is 1.00 bits per heavy atom. The maximum Gasteiger partial charge on any atom is 0.240 e. The molecule has 0 heterocycles. The molecule has 0 unspecified atom stereocenters. The lowest BCUT2D eigenvalue weighted by Gasteiger charge is -2.11. The molecule has 6 nitrogen and oxygen atoms in total. The highest BCUT2D eigenvalue weighted by Gasteiger charge is 2.12. The Kier molecular flexibility index (Phi) is 5.32. The first-order valence-corrected chi connectivity index (χ1v) is 5.36. The smallest absolute Gasteiger partial charge is 0.240 e. The van der Waals surface area contributed by atoms with Gasteiger partial charge in [-0.15, -0.1) is 0 Å². The van der Waals surface area contributed by atoms with Gasteiger partial charge in [-0.1, -0.05) is 0 Å². The Labute approximate surface area is 104 Å². The Hall–Kier alpha value is -2.42. The number of hydrogen-bond acceptors (Lipinski definition) is 6. The summed E-state index contributed by atoms with van der Waals surface area (Å²) in [5, 5.41) is 0. The van der Waals surface area contributed by atoms with Crippen LogP contribution in [0.25, 0.3) is 0 Å². The van der Waals surface area contributed by atoms with Crippen LogP contribution in [0, 0.1) is 0 Å². The van der Waals surface area contributed by atoms with Gasteiger partial charge in [0.25, 0.3) is 0 Å². The molecule has 0 atom stereocenters. The fourth-order valence-corrected chi connectivity index (χ4v) is 1.38. The molecule has 0 amide bonds. The molecule has 0 bridgehead atoms. The van der Waals surface area contributed by atoms with E-state index in [4.69, 9.17) is 9.47 Å². The number of aliphatic imine (C=N–C) groups is 2. The van der Waals surface area contributed by atoms with Crippen molar-refractivity contribution in [1.82, 2.24) is 0 Å². The van der Waals surface area contributed by atoms with Crippen molar-refractivity contribution < 1.29 is 19.1 Å². The second-order valence-corrected chi connectivity index (χ2v) is 3.06. The summed E-state index contributed by atoms with van der Waals surface area (Å²) in [6, 6.07) is 3.03. The van der Waals surface area contributed by atoms with Gasteiger partial charge >= 0.3 is 0 Å². The topological polar surface area (TPSA) is 77.3 Å². The van der Waals surface area contributed by atoms with Crippen LogP contribution in [0.3, 0.4) is 0 Å². The van der Waals surface area contributed by atoms with Crippen LogP contribution in [0.1, 0.15) is 13.8 Å². The lowest BCUT2D eigenvalue weighted by Crippen LogP contribution is -1.95. The van der Waals surface area contributed by atoms with E-state index in [1.165, 1.54) is 24.3 Å². The molecule has 0 spiro atoms. The third-order valence-corrected chi connectivity index (χ3v) is 1.96. The molecule has 0 fully saturated rings. The maximum absolute atomic E-state index is 10.4. The van der Waals surface area contributed by atoms with Crippen molar-refractivity contribution in [1.29, 1.82) is 0 Å². The minimum atomic E-state index is 0.215. The van der Waals surface area contributed by atoms with Crippen molar-refractivity contribution in [3.8, 4) is 11.5 Å². The predicted molar refractivity (Wildman–Crippen MR) is 64.3 cm³/mol. The van der Waals surface area contributed by atoms with Crippen molar-refractivity contribution >= 4 is 23.5 Å². The van der Waals surface area contributed by atoms with Gasteiger partial charge in [-0.25, -0.2) is 9.59 Å². The van der Waals surface area contributed by atoms with Crippen LogP contribution in [-0.2, 0) is 9.59 Å². The molecule has 1 aromatic rings. The molecule has 0 aromatic heterocycles. The molecule has 0 radical (unpaired) electrons. The van der Waals surface area contributed by atoms with Crippen molar-refractivity contribution in [2.24, 2.45) is 9.98 Å². The monoisotopic (exact) mass is 248 g/mol. The van der Waals surface area contributed by atoms with E-state index < -0.39 is 0 Å². The molecule has 1 aromatic carbocycles. The van der Waals surface area contributed by atoms with Crippen LogP contribution < -0.4 is 9.47 Å². The number of benzene rings is 1. The fraction of sp³-hybridized carbons (Fsp3) is 0.333. The Bertz CT molecular complexity index is 476. The Morgan fingerprint density at radius 3 is 1.89 bits per heavy atom. The highest BCUT2D eigenvalue weighted by Crippen LogP contribution is 2.41. The number of hydrogen-bond donors (Lipinski definition) is 0. The van der Waals surface area contributed by atoms with E-state index >= 15 is 0 Å². The van der Waals surface area contributed by atoms with Gasteiger partial charge in [-0.2, -0.15) is 9.98 Å². The molecule has 0 aliphatic rings. The number of rotatable bonds is 6. The third-order valence-electron chi connectivity index (χ3n) is 1.96. The Balaban J connectivity index is 3.42. The second-order valence-electron chi connectivity index (χ2n) is 3.06. The maximum atomic E-state index is 10.4. The van der Waals surface area contributed by atoms with Gasteiger partial charge < -0.3 is 9.47 Å². The molecule has 6 heteroatoms. The lowest BCUT2D eigenvalue weighted by molar-refractivity contribution is 0.332. The van der Waals surface area contributed by atoms with Crippen LogP contribution in [0.15, 0.2) is 22.1 Å². The van der Waals surface area contributed by atoms with Crippen LogP contribution >= 0.6 is 0 Å². The molecule has 1 rings (SSSR count). The van der Waals surface area contributed by atoms with E-state index in [2.05, 4.69) is 9.98 Å². The minimum absolute atomic E-state index is 0.215. The summed E-state index contributed by atoms with van der Waals surface area (Å²) in [5.41, 5.74) is 0.429. The van der Waals surface area contributed by atoms with Crippen LogP contribution in [0.5, 0.6) is 11.5 Å². The Morgan fingerprint density at radius 2 is 1.50 bits per heavy atom. The van der Waals surface area contributed by atoms with Gasteiger partial charge in [0.15, 0.2) is 5.75 Å². The standard InChI is InChI=1S/C12H12N2O4/c1-3-17-9-5-10(13-7-15)12(18-4-2)11(6-9)14-8-16/h5-6H,3-4H2,1-2H3. The lowest BCUT2D eigenvalue weighted by atomic mass is 10.2. The summed E-state index contributed by atoms with van der Waals surface area (Å²) in [4.78, 5) is 27.8. The van der Waals surface area contributed by atoms with Crippen molar-refractivity contribution in [2.75, 3.05) is 13.2 Å². The van der Waals surface area contributed by atoms with Crippen LogP contribution in [0.4, 0.5) is 11.4 Å². The zero-order valence-corrected chi connectivity index (χ0v) is 10.1. The minimum Gasteiger partial charge on any atom is -0.494 e. The number of ether oxygens (including phenoxy) is 2. The first kappa shape index (κ1) is 13.6. The molecule has 0 saturated heterocycles. The summed E-state index contributed by atoms with van der Waals surface area (Å²) in [6.45, 7) is 4.35.